The first-order chi connectivity index (χ1) is 16.2. The van der Waals surface area contributed by atoms with Crippen molar-refractivity contribution in [3.8, 4) is 0 Å². The molecule has 4 rings (SSSR count). The Kier molecular flexibility index (Phi) is 6.22. The smallest absolute Gasteiger partial charge is 0.416 e. The average molecular weight is 469 g/mol. The van der Waals surface area contributed by atoms with Crippen molar-refractivity contribution in [3.63, 3.8) is 0 Å². The number of alkyl halides is 3. The lowest BCUT2D eigenvalue weighted by atomic mass is 10.1. The number of para-hydroxylation sites is 1. The number of nitrogens with one attached hydrogen (secondary N) is 1. The van der Waals surface area contributed by atoms with E-state index in [1.807, 2.05) is 28.8 Å². The molecule has 10 heteroatoms. The van der Waals surface area contributed by atoms with Gasteiger partial charge in [0.25, 0.3) is 0 Å². The third-order valence-corrected chi connectivity index (χ3v) is 5.03. The molecule has 2 aromatic carbocycles. The molecule has 2 aromatic heterocycles. The second kappa shape index (κ2) is 9.26. The summed E-state index contributed by atoms with van der Waals surface area (Å²) in [4.78, 5) is 23.2. The number of aromatic nitrogens is 1. The van der Waals surface area contributed by atoms with Crippen molar-refractivity contribution < 1.29 is 32.3 Å². The molecule has 0 aliphatic rings. The highest BCUT2D eigenvalue weighted by Crippen LogP contribution is 2.29. The summed E-state index contributed by atoms with van der Waals surface area (Å²) in [7, 11) is 0. The van der Waals surface area contributed by atoms with Crippen molar-refractivity contribution in [1.29, 1.82) is 0 Å². The van der Waals surface area contributed by atoms with Crippen molar-refractivity contribution in [2.24, 2.45) is 5.10 Å². The van der Waals surface area contributed by atoms with E-state index in [-0.39, 0.29) is 24.3 Å². The fourth-order valence-corrected chi connectivity index (χ4v) is 3.51. The summed E-state index contributed by atoms with van der Waals surface area (Å²) in [6.45, 7) is 0.281. The van der Waals surface area contributed by atoms with Gasteiger partial charge in [-0.3, -0.25) is 4.79 Å². The van der Waals surface area contributed by atoms with Crippen LogP contribution in [0.15, 0.2) is 76.4 Å². The van der Waals surface area contributed by atoms with E-state index < -0.39 is 23.6 Å². The lowest BCUT2D eigenvalue weighted by Crippen LogP contribution is -2.20. The fraction of sp³-hybridized carbons (Fsp3) is 0.125. The summed E-state index contributed by atoms with van der Waals surface area (Å²) in [6, 6.07) is 15.0. The molecule has 0 spiro atoms. The summed E-state index contributed by atoms with van der Waals surface area (Å²) in [5.41, 5.74) is 3.26. The van der Waals surface area contributed by atoms with Crippen molar-refractivity contribution in [3.05, 3.63) is 95.1 Å². The van der Waals surface area contributed by atoms with E-state index in [1.165, 1.54) is 24.4 Å². The molecule has 0 bridgehead atoms. The molecule has 0 radical (unpaired) electrons. The third kappa shape index (κ3) is 5.17. The van der Waals surface area contributed by atoms with Gasteiger partial charge in [0.05, 0.1) is 24.7 Å². The number of carboxylic acids is 1. The molecule has 4 aromatic rings. The number of amides is 1. The number of carbonyl (C=O) groups is 2. The van der Waals surface area contributed by atoms with Crippen molar-refractivity contribution in [1.82, 2.24) is 9.99 Å². The SMILES string of the molecule is O=C(Cc1cccc(C(F)(F)F)c1)N/N=C/c1cn(Cc2ccc(C(=O)O)o2)c2ccccc12. The van der Waals surface area contributed by atoms with Gasteiger partial charge in [0.15, 0.2) is 0 Å². The first-order valence-electron chi connectivity index (χ1n) is 10.1. The van der Waals surface area contributed by atoms with E-state index in [0.717, 1.165) is 23.0 Å². The second-order valence-electron chi connectivity index (χ2n) is 7.47. The van der Waals surface area contributed by atoms with E-state index in [1.54, 1.807) is 12.3 Å². The largest absolute Gasteiger partial charge is 0.475 e. The molecular formula is C24H18F3N3O4. The fourth-order valence-electron chi connectivity index (χ4n) is 3.51. The molecule has 34 heavy (non-hydrogen) atoms. The third-order valence-electron chi connectivity index (χ3n) is 5.03. The Morgan fingerprint density at radius 1 is 1.09 bits per heavy atom. The lowest BCUT2D eigenvalue weighted by molar-refractivity contribution is -0.137. The molecule has 0 fully saturated rings. The number of hydrogen-bond donors (Lipinski definition) is 2. The second-order valence-corrected chi connectivity index (χ2v) is 7.47. The maximum Gasteiger partial charge on any atom is 0.416 e. The first-order valence-corrected chi connectivity index (χ1v) is 10.1. The van der Waals surface area contributed by atoms with Crippen molar-refractivity contribution >= 4 is 29.0 Å². The Labute approximate surface area is 191 Å². The summed E-state index contributed by atoms with van der Waals surface area (Å²) >= 11 is 0. The number of aromatic carboxylic acids is 1. The zero-order valence-electron chi connectivity index (χ0n) is 17.5. The molecule has 0 saturated carbocycles. The topological polar surface area (TPSA) is 96.8 Å². The number of carboxylic acid groups (broad SMARTS) is 1. The minimum Gasteiger partial charge on any atom is -0.475 e. The Balaban J connectivity index is 1.47. The van der Waals surface area contributed by atoms with Crippen LogP contribution in [-0.4, -0.2) is 27.8 Å². The molecule has 1 amide bonds. The van der Waals surface area contributed by atoms with Gasteiger partial charge in [0.2, 0.25) is 11.7 Å². The maximum atomic E-state index is 12.8. The monoisotopic (exact) mass is 469 g/mol. The van der Waals surface area contributed by atoms with E-state index in [4.69, 9.17) is 9.52 Å². The number of nitrogens with zero attached hydrogens (tertiary/aromatic N) is 2. The number of benzene rings is 2. The molecule has 174 valence electrons. The zero-order chi connectivity index (χ0) is 24.3. The van der Waals surface area contributed by atoms with Crippen LogP contribution in [-0.2, 0) is 23.9 Å². The van der Waals surface area contributed by atoms with Crippen LogP contribution in [0.4, 0.5) is 13.2 Å². The van der Waals surface area contributed by atoms with Crippen LogP contribution in [0, 0.1) is 0 Å². The van der Waals surface area contributed by atoms with E-state index in [2.05, 4.69) is 10.5 Å². The normalized spacial score (nSPS) is 11.9. The molecule has 0 atom stereocenters. The number of carbonyl (C=O) groups excluding carboxylic acids is 1. The van der Waals surface area contributed by atoms with E-state index in [9.17, 15) is 22.8 Å². The predicted octanol–water partition coefficient (Wildman–Crippen LogP) is 4.69. The average Bonchev–Trinajstić information content (AvgIpc) is 3.39. The number of hydrazone groups is 1. The summed E-state index contributed by atoms with van der Waals surface area (Å²) in [5.74, 6) is -1.42. The number of fused-ring (bicyclic) bond motifs is 1. The van der Waals surface area contributed by atoms with Gasteiger partial charge in [0, 0.05) is 22.7 Å². The van der Waals surface area contributed by atoms with E-state index in [0.29, 0.717) is 11.3 Å². The van der Waals surface area contributed by atoms with Gasteiger partial charge in [-0.25, -0.2) is 10.2 Å². The summed E-state index contributed by atoms with van der Waals surface area (Å²) in [6.07, 6.45) is -1.53. The Morgan fingerprint density at radius 2 is 1.88 bits per heavy atom. The molecule has 0 saturated heterocycles. The lowest BCUT2D eigenvalue weighted by Gasteiger charge is -2.08. The number of rotatable bonds is 7. The highest BCUT2D eigenvalue weighted by molar-refractivity contribution is 5.99. The van der Waals surface area contributed by atoms with Crippen LogP contribution in [0.1, 0.15) is 33.0 Å². The summed E-state index contributed by atoms with van der Waals surface area (Å²) < 4.78 is 45.7. The maximum absolute atomic E-state index is 12.8. The van der Waals surface area contributed by atoms with Crippen molar-refractivity contribution in [2.75, 3.05) is 0 Å². The highest BCUT2D eigenvalue weighted by Gasteiger charge is 2.30. The first kappa shape index (κ1) is 22.8. The van der Waals surface area contributed by atoms with Gasteiger partial charge in [-0.05, 0) is 29.8 Å². The van der Waals surface area contributed by atoms with Gasteiger partial charge in [-0.2, -0.15) is 18.3 Å². The molecule has 0 aliphatic carbocycles. The van der Waals surface area contributed by atoms with Gasteiger partial charge in [-0.15, -0.1) is 0 Å². The van der Waals surface area contributed by atoms with Crippen LogP contribution < -0.4 is 5.43 Å². The number of halogens is 3. The van der Waals surface area contributed by atoms with Crippen LogP contribution in [0.3, 0.4) is 0 Å². The molecular weight excluding hydrogens is 451 g/mol. The van der Waals surface area contributed by atoms with Gasteiger partial charge in [0.1, 0.15) is 5.76 Å². The zero-order valence-corrected chi connectivity index (χ0v) is 17.5. The minimum atomic E-state index is -4.48. The van der Waals surface area contributed by atoms with Gasteiger partial charge >= 0.3 is 12.1 Å². The number of furan rings is 1. The van der Waals surface area contributed by atoms with Crippen LogP contribution in [0.2, 0.25) is 0 Å². The Bertz CT molecular complexity index is 1390. The number of hydrogen-bond acceptors (Lipinski definition) is 4. The van der Waals surface area contributed by atoms with Crippen LogP contribution in [0.25, 0.3) is 10.9 Å². The molecule has 7 nitrogen and oxygen atoms in total. The Morgan fingerprint density at radius 3 is 2.62 bits per heavy atom. The molecule has 0 aliphatic heterocycles. The predicted molar refractivity (Wildman–Crippen MR) is 118 cm³/mol. The molecule has 2 N–H and O–H groups in total. The van der Waals surface area contributed by atoms with Gasteiger partial charge in [-0.1, -0.05) is 36.4 Å². The van der Waals surface area contributed by atoms with Crippen LogP contribution in [0.5, 0.6) is 0 Å². The minimum absolute atomic E-state index is 0.156. The van der Waals surface area contributed by atoms with Crippen molar-refractivity contribution in [2.45, 2.75) is 19.1 Å². The highest BCUT2D eigenvalue weighted by atomic mass is 19.4. The molecule has 2 heterocycles. The Hall–Kier alpha value is -4.34. The summed E-state index contributed by atoms with van der Waals surface area (Å²) in [5, 5.41) is 13.8. The molecule has 0 unspecified atom stereocenters. The van der Waals surface area contributed by atoms with Crippen LogP contribution >= 0.6 is 0 Å². The van der Waals surface area contributed by atoms with E-state index >= 15 is 0 Å². The standard InChI is InChI=1S/C24H18F3N3O4/c25-24(26,27)17-5-3-4-15(10-17)11-22(31)29-28-12-16-13-30(20-7-2-1-6-19(16)20)14-18-8-9-21(34-18)23(32)33/h1-10,12-13H,11,14H2,(H,29,31)(H,32,33)/b28-12+. The quantitative estimate of drug-likeness (QED) is 0.303. The van der Waals surface area contributed by atoms with Gasteiger partial charge < -0.3 is 14.1 Å².